The number of nitrogen functional groups attached to an aromatic ring is 1. The van der Waals surface area contributed by atoms with Crippen molar-refractivity contribution in [3.8, 4) is 17.0 Å². The second kappa shape index (κ2) is 4.45. The molecule has 0 saturated carbocycles. The standard InChI is InChI=1S/C14H16N2O/c1-9-6-11(4-5-13(9)17-3)14-10(2)7-12(15)8-16-14/h4-8H,15H2,1-3H3. The number of pyridine rings is 1. The van der Waals surface area contributed by atoms with Crippen LogP contribution >= 0.6 is 0 Å². The monoisotopic (exact) mass is 228 g/mol. The maximum Gasteiger partial charge on any atom is 0.121 e. The van der Waals surface area contributed by atoms with Crippen LogP contribution in [0.2, 0.25) is 0 Å². The topological polar surface area (TPSA) is 48.1 Å². The van der Waals surface area contributed by atoms with Gasteiger partial charge in [0.1, 0.15) is 5.75 Å². The number of ether oxygens (including phenoxy) is 1. The average molecular weight is 228 g/mol. The third-order valence-corrected chi connectivity index (χ3v) is 2.77. The molecule has 0 saturated heterocycles. The zero-order chi connectivity index (χ0) is 12.4. The Bertz CT molecular complexity index is 550. The van der Waals surface area contributed by atoms with Crippen LogP contribution < -0.4 is 10.5 Å². The van der Waals surface area contributed by atoms with E-state index in [0.29, 0.717) is 5.69 Å². The Labute approximate surface area is 101 Å². The summed E-state index contributed by atoms with van der Waals surface area (Å²) >= 11 is 0. The molecule has 0 amide bonds. The molecule has 0 radical (unpaired) electrons. The minimum absolute atomic E-state index is 0.691. The molecule has 0 fully saturated rings. The van der Waals surface area contributed by atoms with Gasteiger partial charge in [0.15, 0.2) is 0 Å². The van der Waals surface area contributed by atoms with Crippen LogP contribution in [0.1, 0.15) is 11.1 Å². The van der Waals surface area contributed by atoms with Gasteiger partial charge in [-0.2, -0.15) is 0 Å². The molecule has 0 spiro atoms. The quantitative estimate of drug-likeness (QED) is 0.859. The second-order valence-corrected chi connectivity index (χ2v) is 4.12. The number of hydrogen-bond donors (Lipinski definition) is 1. The van der Waals surface area contributed by atoms with Crippen LogP contribution in [0.4, 0.5) is 5.69 Å². The smallest absolute Gasteiger partial charge is 0.121 e. The first-order valence-corrected chi connectivity index (χ1v) is 5.49. The average Bonchev–Trinajstić information content (AvgIpc) is 2.29. The number of methoxy groups -OCH3 is 1. The summed E-state index contributed by atoms with van der Waals surface area (Å²) in [6, 6.07) is 7.98. The molecule has 2 rings (SSSR count). The number of aromatic nitrogens is 1. The van der Waals surface area contributed by atoms with Gasteiger partial charge in [-0.05, 0) is 49.2 Å². The van der Waals surface area contributed by atoms with Gasteiger partial charge in [-0.1, -0.05) is 0 Å². The van der Waals surface area contributed by atoms with Gasteiger partial charge in [0.05, 0.1) is 24.7 Å². The van der Waals surface area contributed by atoms with Gasteiger partial charge in [0.25, 0.3) is 0 Å². The molecule has 0 bridgehead atoms. The molecule has 3 nitrogen and oxygen atoms in total. The van der Waals surface area contributed by atoms with E-state index in [1.54, 1.807) is 13.3 Å². The van der Waals surface area contributed by atoms with E-state index in [1.165, 1.54) is 0 Å². The van der Waals surface area contributed by atoms with Crippen LogP contribution in [0.3, 0.4) is 0 Å². The first-order valence-electron chi connectivity index (χ1n) is 5.49. The molecule has 1 aromatic carbocycles. The summed E-state index contributed by atoms with van der Waals surface area (Å²) < 4.78 is 5.24. The number of nitrogens with zero attached hydrogens (tertiary/aromatic N) is 1. The molecular weight excluding hydrogens is 212 g/mol. The third kappa shape index (κ3) is 2.23. The normalized spacial score (nSPS) is 10.3. The van der Waals surface area contributed by atoms with E-state index in [1.807, 2.05) is 32.0 Å². The first kappa shape index (κ1) is 11.5. The van der Waals surface area contributed by atoms with Crippen molar-refractivity contribution in [1.82, 2.24) is 4.98 Å². The van der Waals surface area contributed by atoms with E-state index >= 15 is 0 Å². The molecule has 0 atom stereocenters. The molecule has 0 aliphatic heterocycles. The van der Waals surface area contributed by atoms with Crippen LogP contribution in [0.25, 0.3) is 11.3 Å². The van der Waals surface area contributed by atoms with E-state index in [2.05, 4.69) is 11.1 Å². The number of anilines is 1. The molecule has 88 valence electrons. The van der Waals surface area contributed by atoms with E-state index in [0.717, 1.165) is 28.1 Å². The van der Waals surface area contributed by atoms with Crippen LogP contribution in [-0.4, -0.2) is 12.1 Å². The number of nitrogens with two attached hydrogens (primary N) is 1. The van der Waals surface area contributed by atoms with Gasteiger partial charge in [0.2, 0.25) is 0 Å². The van der Waals surface area contributed by atoms with Gasteiger partial charge in [-0.15, -0.1) is 0 Å². The zero-order valence-electron chi connectivity index (χ0n) is 10.3. The van der Waals surface area contributed by atoms with Gasteiger partial charge in [0, 0.05) is 5.56 Å². The summed E-state index contributed by atoms with van der Waals surface area (Å²) in [6.07, 6.45) is 1.68. The van der Waals surface area contributed by atoms with Crippen LogP contribution in [0.5, 0.6) is 5.75 Å². The fourth-order valence-corrected chi connectivity index (χ4v) is 1.92. The van der Waals surface area contributed by atoms with Crippen molar-refractivity contribution in [3.63, 3.8) is 0 Å². The lowest BCUT2D eigenvalue weighted by Crippen LogP contribution is -1.94. The van der Waals surface area contributed by atoms with E-state index in [-0.39, 0.29) is 0 Å². The predicted octanol–water partition coefficient (Wildman–Crippen LogP) is 2.96. The first-order chi connectivity index (χ1) is 8.11. The third-order valence-electron chi connectivity index (χ3n) is 2.77. The molecule has 17 heavy (non-hydrogen) atoms. The van der Waals surface area contributed by atoms with Crippen molar-refractivity contribution < 1.29 is 4.74 Å². The summed E-state index contributed by atoms with van der Waals surface area (Å²) in [6.45, 7) is 4.03. The predicted molar refractivity (Wildman–Crippen MR) is 70.1 cm³/mol. The van der Waals surface area contributed by atoms with Crippen molar-refractivity contribution in [2.24, 2.45) is 0 Å². The summed E-state index contributed by atoms with van der Waals surface area (Å²) in [4.78, 5) is 4.38. The molecule has 0 unspecified atom stereocenters. The number of hydrogen-bond acceptors (Lipinski definition) is 3. The minimum Gasteiger partial charge on any atom is -0.496 e. The highest BCUT2D eigenvalue weighted by Gasteiger charge is 2.06. The molecule has 3 heteroatoms. The van der Waals surface area contributed by atoms with Crippen molar-refractivity contribution in [2.75, 3.05) is 12.8 Å². The van der Waals surface area contributed by atoms with Crippen LogP contribution in [-0.2, 0) is 0 Å². The van der Waals surface area contributed by atoms with E-state index < -0.39 is 0 Å². The zero-order valence-corrected chi connectivity index (χ0v) is 10.3. The number of aryl methyl sites for hydroxylation is 2. The molecule has 2 aromatic rings. The van der Waals surface area contributed by atoms with Crippen molar-refractivity contribution in [3.05, 3.63) is 41.6 Å². The summed E-state index contributed by atoms with van der Waals surface area (Å²) in [5.41, 5.74) is 10.6. The highest BCUT2D eigenvalue weighted by Crippen LogP contribution is 2.27. The molecule has 1 aromatic heterocycles. The van der Waals surface area contributed by atoms with Gasteiger partial charge >= 0.3 is 0 Å². The number of rotatable bonds is 2. The highest BCUT2D eigenvalue weighted by atomic mass is 16.5. The summed E-state index contributed by atoms with van der Waals surface area (Å²) in [5, 5.41) is 0. The molecule has 2 N–H and O–H groups in total. The minimum atomic E-state index is 0.691. The van der Waals surface area contributed by atoms with Crippen molar-refractivity contribution >= 4 is 5.69 Å². The Hall–Kier alpha value is -2.03. The Balaban J connectivity index is 2.50. The van der Waals surface area contributed by atoms with Gasteiger partial charge in [-0.25, -0.2) is 0 Å². The molecule has 1 heterocycles. The molecular formula is C14H16N2O. The van der Waals surface area contributed by atoms with Crippen molar-refractivity contribution in [2.45, 2.75) is 13.8 Å². The molecule has 0 aliphatic rings. The van der Waals surface area contributed by atoms with E-state index in [4.69, 9.17) is 10.5 Å². The van der Waals surface area contributed by atoms with Crippen LogP contribution in [0, 0.1) is 13.8 Å². The summed E-state index contributed by atoms with van der Waals surface area (Å²) in [7, 11) is 1.68. The largest absolute Gasteiger partial charge is 0.496 e. The lowest BCUT2D eigenvalue weighted by atomic mass is 10.0. The van der Waals surface area contributed by atoms with Gasteiger partial charge < -0.3 is 10.5 Å². The van der Waals surface area contributed by atoms with E-state index in [9.17, 15) is 0 Å². The van der Waals surface area contributed by atoms with Gasteiger partial charge in [-0.3, -0.25) is 4.98 Å². The second-order valence-electron chi connectivity index (χ2n) is 4.12. The highest BCUT2D eigenvalue weighted by molar-refractivity contribution is 5.66. The maximum absolute atomic E-state index is 5.70. The number of benzene rings is 1. The Morgan fingerprint density at radius 3 is 2.47 bits per heavy atom. The summed E-state index contributed by atoms with van der Waals surface area (Å²) in [5.74, 6) is 0.891. The Morgan fingerprint density at radius 2 is 1.88 bits per heavy atom. The maximum atomic E-state index is 5.70. The lowest BCUT2D eigenvalue weighted by Gasteiger charge is -2.09. The van der Waals surface area contributed by atoms with Crippen LogP contribution in [0.15, 0.2) is 30.5 Å². The fraction of sp³-hybridized carbons (Fsp3) is 0.214. The fourth-order valence-electron chi connectivity index (χ4n) is 1.92. The lowest BCUT2D eigenvalue weighted by molar-refractivity contribution is 0.412. The molecule has 0 aliphatic carbocycles. The SMILES string of the molecule is COc1ccc(-c2ncc(N)cc2C)cc1C. The Kier molecular flexibility index (Phi) is 3.00. The Morgan fingerprint density at radius 1 is 1.12 bits per heavy atom. The van der Waals surface area contributed by atoms with Crippen molar-refractivity contribution in [1.29, 1.82) is 0 Å².